The number of hydrogen-bond donors (Lipinski definition) is 1. The Bertz CT molecular complexity index is 777. The molecular weight excluding hydrogens is 300 g/mol. The number of thiophene rings is 1. The van der Waals surface area contributed by atoms with E-state index in [1.54, 1.807) is 11.3 Å². The summed E-state index contributed by atoms with van der Waals surface area (Å²) in [6, 6.07) is 10.2. The van der Waals surface area contributed by atoms with Gasteiger partial charge in [0.05, 0.1) is 0 Å². The third-order valence-electron chi connectivity index (χ3n) is 3.95. The molecule has 0 aliphatic carbocycles. The van der Waals surface area contributed by atoms with Gasteiger partial charge in [0.1, 0.15) is 17.4 Å². The van der Waals surface area contributed by atoms with Crippen molar-refractivity contribution < 1.29 is 9.52 Å². The van der Waals surface area contributed by atoms with Gasteiger partial charge in [0.2, 0.25) is 0 Å². The number of furan rings is 1. The Morgan fingerprint density at radius 3 is 3.00 bits per heavy atom. The van der Waals surface area contributed by atoms with Gasteiger partial charge < -0.3 is 9.52 Å². The van der Waals surface area contributed by atoms with Crippen LogP contribution in [-0.4, -0.2) is 10.9 Å². The standard InChI is InChI=1S/C17H16O2S2/c1-10-3-2-4-11-7-13(19-17(10)11)16(18)15-8-12-9-20-6-5-14(12)21-15/h2-4,7-8,16,18H,5-6,9H2,1H3. The Morgan fingerprint density at radius 1 is 1.29 bits per heavy atom. The summed E-state index contributed by atoms with van der Waals surface area (Å²) in [7, 11) is 0. The lowest BCUT2D eigenvalue weighted by molar-refractivity contribution is 0.196. The predicted molar refractivity (Wildman–Crippen MR) is 89.2 cm³/mol. The average Bonchev–Trinajstić information content (AvgIpc) is 3.11. The van der Waals surface area contributed by atoms with Crippen LogP contribution >= 0.6 is 23.1 Å². The molecule has 2 aromatic heterocycles. The van der Waals surface area contributed by atoms with Crippen LogP contribution in [-0.2, 0) is 12.2 Å². The lowest BCUT2D eigenvalue weighted by atomic mass is 10.1. The SMILES string of the molecule is Cc1cccc2cc(C(O)c3cc4c(s3)CCSC4)oc12. The van der Waals surface area contributed by atoms with Crippen molar-refractivity contribution in [1.82, 2.24) is 0 Å². The van der Waals surface area contributed by atoms with Crippen LogP contribution in [0.4, 0.5) is 0 Å². The fraction of sp³-hybridized carbons (Fsp3) is 0.294. The predicted octanol–water partition coefficient (Wildman–Crippen LogP) is 4.67. The van der Waals surface area contributed by atoms with E-state index in [0.717, 1.165) is 33.6 Å². The van der Waals surface area contributed by atoms with E-state index >= 15 is 0 Å². The number of thioether (sulfide) groups is 1. The van der Waals surface area contributed by atoms with Crippen LogP contribution < -0.4 is 0 Å². The number of rotatable bonds is 2. The van der Waals surface area contributed by atoms with Crippen molar-refractivity contribution >= 4 is 34.1 Å². The normalized spacial score (nSPS) is 16.1. The maximum atomic E-state index is 10.6. The molecule has 0 fully saturated rings. The highest BCUT2D eigenvalue weighted by molar-refractivity contribution is 7.98. The number of benzene rings is 1. The van der Waals surface area contributed by atoms with Gasteiger partial charge in [0.25, 0.3) is 0 Å². The molecule has 0 bridgehead atoms. The van der Waals surface area contributed by atoms with Gasteiger partial charge in [-0.25, -0.2) is 0 Å². The summed E-state index contributed by atoms with van der Waals surface area (Å²) in [5.41, 5.74) is 3.37. The number of aliphatic hydroxyl groups excluding tert-OH is 1. The molecule has 0 radical (unpaired) electrons. The van der Waals surface area contributed by atoms with Crippen molar-refractivity contribution in [3.63, 3.8) is 0 Å². The van der Waals surface area contributed by atoms with Crippen LogP contribution in [0.1, 0.15) is 32.7 Å². The van der Waals surface area contributed by atoms with E-state index in [2.05, 4.69) is 6.07 Å². The molecule has 1 N–H and O–H groups in total. The van der Waals surface area contributed by atoms with Crippen LogP contribution in [0.3, 0.4) is 0 Å². The first-order chi connectivity index (χ1) is 10.2. The highest BCUT2D eigenvalue weighted by atomic mass is 32.2. The second-order valence-electron chi connectivity index (χ2n) is 5.44. The van der Waals surface area contributed by atoms with Gasteiger partial charge in [-0.05, 0) is 42.4 Å². The van der Waals surface area contributed by atoms with Crippen LogP contribution in [0.2, 0.25) is 0 Å². The van der Waals surface area contributed by atoms with Gasteiger partial charge in [-0.1, -0.05) is 18.2 Å². The number of aryl methyl sites for hydroxylation is 2. The van der Waals surface area contributed by atoms with Gasteiger partial charge in [-0.2, -0.15) is 11.8 Å². The third-order valence-corrected chi connectivity index (χ3v) is 6.24. The molecule has 1 aliphatic rings. The molecule has 2 nitrogen and oxygen atoms in total. The molecule has 1 unspecified atom stereocenters. The Labute approximate surface area is 131 Å². The highest BCUT2D eigenvalue weighted by Gasteiger charge is 2.21. The summed E-state index contributed by atoms with van der Waals surface area (Å²) in [6.07, 6.45) is 0.466. The average molecular weight is 316 g/mol. The van der Waals surface area contributed by atoms with Gasteiger partial charge in [0, 0.05) is 20.9 Å². The number of fused-ring (bicyclic) bond motifs is 2. The first-order valence-corrected chi connectivity index (χ1v) is 9.06. The Hall–Kier alpha value is -1.23. The summed E-state index contributed by atoms with van der Waals surface area (Å²) in [5.74, 6) is 2.90. The zero-order chi connectivity index (χ0) is 14.4. The summed E-state index contributed by atoms with van der Waals surface area (Å²) in [6.45, 7) is 2.03. The molecule has 3 heterocycles. The van der Waals surface area contributed by atoms with E-state index in [9.17, 15) is 5.11 Å². The number of para-hydroxylation sites is 1. The number of hydrogen-bond acceptors (Lipinski definition) is 4. The van der Waals surface area contributed by atoms with Crippen LogP contribution in [0.5, 0.6) is 0 Å². The molecule has 21 heavy (non-hydrogen) atoms. The maximum Gasteiger partial charge on any atom is 0.146 e. The van der Waals surface area contributed by atoms with Crippen LogP contribution in [0.25, 0.3) is 11.0 Å². The van der Waals surface area contributed by atoms with Crippen molar-refractivity contribution in [3.8, 4) is 0 Å². The van der Waals surface area contributed by atoms with E-state index in [0.29, 0.717) is 5.76 Å². The number of aliphatic hydroxyl groups is 1. The molecule has 1 aliphatic heterocycles. The quantitative estimate of drug-likeness (QED) is 0.745. The highest BCUT2D eigenvalue weighted by Crippen LogP contribution is 2.38. The monoisotopic (exact) mass is 316 g/mol. The van der Waals surface area contributed by atoms with Crippen molar-refractivity contribution in [3.05, 3.63) is 57.0 Å². The van der Waals surface area contributed by atoms with E-state index < -0.39 is 6.10 Å². The summed E-state index contributed by atoms with van der Waals surface area (Å²) in [4.78, 5) is 2.43. The third kappa shape index (κ3) is 2.31. The van der Waals surface area contributed by atoms with E-state index in [-0.39, 0.29) is 0 Å². The minimum absolute atomic E-state index is 0.644. The summed E-state index contributed by atoms with van der Waals surface area (Å²) >= 11 is 3.69. The van der Waals surface area contributed by atoms with Gasteiger partial charge in [-0.3, -0.25) is 0 Å². The van der Waals surface area contributed by atoms with E-state index in [1.807, 2.05) is 43.0 Å². The molecule has 108 valence electrons. The largest absolute Gasteiger partial charge is 0.458 e. The molecular formula is C17H16O2S2. The van der Waals surface area contributed by atoms with Crippen LogP contribution in [0, 0.1) is 6.92 Å². The first kappa shape index (κ1) is 13.4. The van der Waals surface area contributed by atoms with Gasteiger partial charge in [-0.15, -0.1) is 11.3 Å². The van der Waals surface area contributed by atoms with Crippen molar-refractivity contribution in [2.45, 2.75) is 25.2 Å². The first-order valence-electron chi connectivity index (χ1n) is 7.09. The zero-order valence-corrected chi connectivity index (χ0v) is 13.4. The molecule has 0 saturated carbocycles. The second kappa shape index (κ2) is 5.20. The minimum atomic E-state index is -0.655. The fourth-order valence-corrected chi connectivity index (χ4v) is 5.18. The summed E-state index contributed by atoms with van der Waals surface area (Å²) < 4.78 is 5.90. The molecule has 3 aromatic rings. The molecule has 0 saturated heterocycles. The zero-order valence-electron chi connectivity index (χ0n) is 11.8. The smallest absolute Gasteiger partial charge is 0.146 e. The van der Waals surface area contributed by atoms with Crippen molar-refractivity contribution in [2.75, 3.05) is 5.75 Å². The molecule has 4 rings (SSSR count). The maximum absolute atomic E-state index is 10.6. The molecule has 4 heteroatoms. The van der Waals surface area contributed by atoms with E-state index in [1.165, 1.54) is 16.2 Å². The Balaban J connectivity index is 1.73. The summed E-state index contributed by atoms with van der Waals surface area (Å²) in [5, 5.41) is 11.7. The minimum Gasteiger partial charge on any atom is -0.458 e. The van der Waals surface area contributed by atoms with Gasteiger partial charge >= 0.3 is 0 Å². The lowest BCUT2D eigenvalue weighted by Crippen LogP contribution is -1.96. The lowest BCUT2D eigenvalue weighted by Gasteiger charge is -2.08. The van der Waals surface area contributed by atoms with E-state index in [4.69, 9.17) is 4.42 Å². The van der Waals surface area contributed by atoms with Crippen LogP contribution in [0.15, 0.2) is 34.7 Å². The second-order valence-corrected chi connectivity index (χ2v) is 7.72. The molecule has 1 aromatic carbocycles. The van der Waals surface area contributed by atoms with Crippen molar-refractivity contribution in [2.24, 2.45) is 0 Å². The topological polar surface area (TPSA) is 33.4 Å². The molecule has 0 amide bonds. The molecule has 0 spiro atoms. The fourth-order valence-electron chi connectivity index (χ4n) is 2.81. The Kier molecular flexibility index (Phi) is 3.32. The Morgan fingerprint density at radius 2 is 2.19 bits per heavy atom. The van der Waals surface area contributed by atoms with Gasteiger partial charge in [0.15, 0.2) is 0 Å². The van der Waals surface area contributed by atoms with Crippen molar-refractivity contribution in [1.29, 1.82) is 0 Å². The molecule has 1 atom stereocenters.